The van der Waals surface area contributed by atoms with Crippen molar-refractivity contribution in [3.8, 4) is 11.5 Å². The third-order valence-corrected chi connectivity index (χ3v) is 3.93. The summed E-state index contributed by atoms with van der Waals surface area (Å²) in [5.74, 6) is -0.643. The number of aromatic hydroxyl groups is 2. The van der Waals surface area contributed by atoms with E-state index >= 15 is 0 Å². The Bertz CT molecular complexity index is 698. The first-order valence-electron chi connectivity index (χ1n) is 5.99. The Morgan fingerprint density at radius 3 is 2.43 bits per heavy atom. The molecule has 0 radical (unpaired) electrons. The molecule has 0 spiro atoms. The first-order valence-corrected chi connectivity index (χ1v) is 7.58. The zero-order valence-corrected chi connectivity index (χ0v) is 14.2. The Morgan fingerprint density at radius 2 is 1.76 bits per heavy atom. The highest BCUT2D eigenvalue weighted by Gasteiger charge is 2.17. The van der Waals surface area contributed by atoms with Crippen molar-refractivity contribution in [2.45, 2.75) is 6.42 Å². The Labute approximate surface area is 138 Å². The fourth-order valence-corrected chi connectivity index (χ4v) is 2.87. The van der Waals surface area contributed by atoms with Crippen molar-refractivity contribution in [3.63, 3.8) is 0 Å². The molecule has 0 aromatic heterocycles. The number of esters is 1. The van der Waals surface area contributed by atoms with Gasteiger partial charge in [0.15, 0.2) is 0 Å². The van der Waals surface area contributed by atoms with Gasteiger partial charge in [0.25, 0.3) is 0 Å². The van der Waals surface area contributed by atoms with Crippen LogP contribution >= 0.6 is 31.9 Å². The predicted octanol–water partition coefficient (Wildman–Crippen LogP) is 4.00. The maximum atomic E-state index is 11.7. The molecule has 2 rings (SSSR count). The average molecular weight is 416 g/mol. The van der Waals surface area contributed by atoms with Crippen LogP contribution in [0, 0.1) is 0 Å². The Hall–Kier alpha value is -1.53. The normalized spacial score (nSPS) is 10.4. The fraction of sp³-hybridized carbons (Fsp3) is 0.133. The molecule has 2 aromatic carbocycles. The molecule has 4 nitrogen and oxygen atoms in total. The second kappa shape index (κ2) is 6.49. The lowest BCUT2D eigenvalue weighted by Gasteiger charge is -2.11. The molecule has 0 amide bonds. The minimum atomic E-state index is -0.617. The molecule has 0 saturated carbocycles. The smallest absolute Gasteiger partial charge is 0.341 e. The van der Waals surface area contributed by atoms with Gasteiger partial charge in [-0.25, -0.2) is 4.79 Å². The fourth-order valence-electron chi connectivity index (χ4n) is 1.96. The number of phenols is 2. The molecule has 0 atom stereocenters. The number of ether oxygens (including phenoxy) is 1. The molecule has 0 heterocycles. The van der Waals surface area contributed by atoms with Crippen molar-refractivity contribution in [2.75, 3.05) is 7.11 Å². The van der Waals surface area contributed by atoms with Crippen LogP contribution in [0.5, 0.6) is 11.5 Å². The van der Waals surface area contributed by atoms with Crippen LogP contribution in [0.25, 0.3) is 0 Å². The zero-order chi connectivity index (χ0) is 15.6. The summed E-state index contributed by atoms with van der Waals surface area (Å²) in [5.41, 5.74) is 1.23. The molecule has 0 fully saturated rings. The van der Waals surface area contributed by atoms with Crippen LogP contribution in [0.15, 0.2) is 39.3 Å². The molecule has 0 bridgehead atoms. The van der Waals surface area contributed by atoms with E-state index in [9.17, 15) is 15.0 Å². The number of phenolic OH excluding ortho intramolecular Hbond substituents is 2. The van der Waals surface area contributed by atoms with Crippen molar-refractivity contribution in [3.05, 3.63) is 56.0 Å². The van der Waals surface area contributed by atoms with E-state index in [-0.39, 0.29) is 23.5 Å². The van der Waals surface area contributed by atoms with Gasteiger partial charge in [0, 0.05) is 20.9 Å². The molecule has 6 heteroatoms. The van der Waals surface area contributed by atoms with Crippen LogP contribution in [-0.4, -0.2) is 23.3 Å². The first kappa shape index (κ1) is 15.9. The molecule has 2 aromatic rings. The number of rotatable bonds is 3. The van der Waals surface area contributed by atoms with Crippen molar-refractivity contribution >= 4 is 37.8 Å². The van der Waals surface area contributed by atoms with Gasteiger partial charge in [0.1, 0.15) is 17.1 Å². The molecular formula is C15H12Br2O4. The van der Waals surface area contributed by atoms with Crippen LogP contribution in [0.1, 0.15) is 21.5 Å². The minimum Gasteiger partial charge on any atom is -0.508 e. The van der Waals surface area contributed by atoms with Crippen molar-refractivity contribution < 1.29 is 19.7 Å². The lowest BCUT2D eigenvalue weighted by molar-refractivity contribution is 0.0597. The molecule has 2 N–H and O–H groups in total. The Kier molecular flexibility index (Phi) is 4.90. The summed E-state index contributed by atoms with van der Waals surface area (Å²) in [6.07, 6.45) is 0.278. The molecule has 0 unspecified atom stereocenters. The number of halogens is 2. The summed E-state index contributed by atoms with van der Waals surface area (Å²) >= 11 is 6.63. The second-order valence-corrected chi connectivity index (χ2v) is 6.23. The third-order valence-electron chi connectivity index (χ3n) is 2.98. The minimum absolute atomic E-state index is 0.0800. The van der Waals surface area contributed by atoms with Gasteiger partial charge in [0.2, 0.25) is 0 Å². The number of methoxy groups -OCH3 is 1. The third kappa shape index (κ3) is 3.57. The molecule has 0 aliphatic heterocycles. The van der Waals surface area contributed by atoms with E-state index in [1.807, 2.05) is 0 Å². The van der Waals surface area contributed by atoms with E-state index in [0.29, 0.717) is 15.6 Å². The SMILES string of the molecule is COC(=O)c1cc(Br)cc(Cc2cc(Br)ccc2O)c1O. The van der Waals surface area contributed by atoms with Gasteiger partial charge in [-0.3, -0.25) is 0 Å². The average Bonchev–Trinajstić information content (AvgIpc) is 2.45. The van der Waals surface area contributed by atoms with Gasteiger partial charge in [-0.1, -0.05) is 31.9 Å². The lowest BCUT2D eigenvalue weighted by Crippen LogP contribution is -2.03. The number of benzene rings is 2. The maximum Gasteiger partial charge on any atom is 0.341 e. The van der Waals surface area contributed by atoms with E-state index in [1.54, 1.807) is 24.3 Å². The van der Waals surface area contributed by atoms with E-state index in [4.69, 9.17) is 0 Å². The van der Waals surface area contributed by atoms with Crippen LogP contribution in [0.2, 0.25) is 0 Å². The van der Waals surface area contributed by atoms with Crippen LogP contribution < -0.4 is 0 Å². The van der Waals surface area contributed by atoms with Gasteiger partial charge >= 0.3 is 5.97 Å². The highest BCUT2D eigenvalue weighted by Crippen LogP contribution is 2.32. The Balaban J connectivity index is 2.47. The van der Waals surface area contributed by atoms with Crippen molar-refractivity contribution in [1.29, 1.82) is 0 Å². The van der Waals surface area contributed by atoms with Gasteiger partial charge in [0.05, 0.1) is 7.11 Å². The number of hydrogen-bond donors (Lipinski definition) is 2. The van der Waals surface area contributed by atoms with E-state index in [0.717, 1.165) is 4.47 Å². The van der Waals surface area contributed by atoms with Gasteiger partial charge in [-0.15, -0.1) is 0 Å². The summed E-state index contributed by atoms with van der Waals surface area (Å²) in [6, 6.07) is 8.23. The predicted molar refractivity (Wildman–Crippen MR) is 85.8 cm³/mol. The molecule has 0 aliphatic carbocycles. The van der Waals surface area contributed by atoms with Crippen LogP contribution in [0.4, 0.5) is 0 Å². The summed E-state index contributed by atoms with van der Waals surface area (Å²) in [5, 5.41) is 20.1. The zero-order valence-electron chi connectivity index (χ0n) is 11.1. The highest BCUT2D eigenvalue weighted by molar-refractivity contribution is 9.10. The van der Waals surface area contributed by atoms with E-state index in [1.165, 1.54) is 13.2 Å². The van der Waals surface area contributed by atoms with Gasteiger partial charge < -0.3 is 14.9 Å². The molecule has 21 heavy (non-hydrogen) atoms. The first-order chi connectivity index (χ1) is 9.92. The summed E-state index contributed by atoms with van der Waals surface area (Å²) in [4.78, 5) is 11.7. The van der Waals surface area contributed by atoms with Crippen LogP contribution in [-0.2, 0) is 11.2 Å². The standard InChI is InChI=1S/C15H12Br2O4/c1-21-15(20)12-7-11(17)6-9(14(12)19)4-8-5-10(16)2-3-13(8)18/h2-3,5-7,18-19H,4H2,1H3. The van der Waals surface area contributed by atoms with Gasteiger partial charge in [-0.2, -0.15) is 0 Å². The monoisotopic (exact) mass is 414 g/mol. The van der Waals surface area contributed by atoms with E-state index < -0.39 is 5.97 Å². The lowest BCUT2D eigenvalue weighted by atomic mass is 10.0. The largest absolute Gasteiger partial charge is 0.508 e. The Morgan fingerprint density at radius 1 is 1.10 bits per heavy atom. The maximum absolute atomic E-state index is 11.7. The highest BCUT2D eigenvalue weighted by atomic mass is 79.9. The van der Waals surface area contributed by atoms with E-state index in [2.05, 4.69) is 36.6 Å². The molecule has 110 valence electrons. The van der Waals surface area contributed by atoms with Gasteiger partial charge in [-0.05, 0) is 35.9 Å². The molecular weight excluding hydrogens is 404 g/mol. The summed E-state index contributed by atoms with van der Waals surface area (Å²) in [7, 11) is 1.25. The van der Waals surface area contributed by atoms with Crippen molar-refractivity contribution in [2.24, 2.45) is 0 Å². The quantitative estimate of drug-likeness (QED) is 0.743. The second-order valence-electron chi connectivity index (χ2n) is 4.40. The van der Waals surface area contributed by atoms with Crippen LogP contribution in [0.3, 0.4) is 0 Å². The summed E-state index contributed by atoms with van der Waals surface area (Å²) in [6.45, 7) is 0. The number of carbonyl (C=O) groups excluding carboxylic acids is 1. The van der Waals surface area contributed by atoms with Crippen molar-refractivity contribution in [1.82, 2.24) is 0 Å². The molecule has 0 aliphatic rings. The topological polar surface area (TPSA) is 66.8 Å². The number of carbonyl (C=O) groups is 1. The number of hydrogen-bond acceptors (Lipinski definition) is 4. The summed E-state index contributed by atoms with van der Waals surface area (Å²) < 4.78 is 6.10. The molecule has 0 saturated heterocycles.